The molecule has 0 aliphatic carbocycles. The number of ketones is 1. The van der Waals surface area contributed by atoms with Crippen LogP contribution in [0.25, 0.3) is 11.2 Å². The van der Waals surface area contributed by atoms with Crippen LogP contribution in [-0.2, 0) is 6.54 Å². The molecule has 0 fully saturated rings. The van der Waals surface area contributed by atoms with Crippen LogP contribution in [0.1, 0.15) is 22.8 Å². The second-order valence-corrected chi connectivity index (χ2v) is 5.14. The zero-order valence-electron chi connectivity index (χ0n) is 12.1. The van der Waals surface area contributed by atoms with Crippen LogP contribution in [0.4, 0.5) is 0 Å². The molecule has 1 aromatic carbocycles. The van der Waals surface area contributed by atoms with Gasteiger partial charge in [0.1, 0.15) is 0 Å². The van der Waals surface area contributed by atoms with Crippen LogP contribution in [0.3, 0.4) is 0 Å². The van der Waals surface area contributed by atoms with E-state index < -0.39 is 0 Å². The molecule has 2 heterocycles. The smallest absolute Gasteiger partial charge is 0.244 e. The SMILES string of the molecule is COc1nc(Cl)nc2ncn(Cc3ccc(C(C)=O)cc3)c12. The standard InChI is InChI=1S/C15H13ClN4O2/c1-9(21)11-5-3-10(4-6-11)7-20-8-17-13-12(20)14(22-2)19-15(16)18-13/h3-6,8H,7H2,1-2H3. The first kappa shape index (κ1) is 14.5. The molecule has 0 spiro atoms. The van der Waals surface area contributed by atoms with Gasteiger partial charge in [-0.2, -0.15) is 9.97 Å². The van der Waals surface area contributed by atoms with Gasteiger partial charge in [0.05, 0.1) is 13.4 Å². The van der Waals surface area contributed by atoms with E-state index in [4.69, 9.17) is 16.3 Å². The van der Waals surface area contributed by atoms with E-state index in [0.29, 0.717) is 29.2 Å². The summed E-state index contributed by atoms with van der Waals surface area (Å²) < 4.78 is 7.14. The number of hydrogen-bond acceptors (Lipinski definition) is 5. The largest absolute Gasteiger partial charge is 0.479 e. The van der Waals surface area contributed by atoms with Crippen molar-refractivity contribution >= 4 is 28.5 Å². The molecule has 3 rings (SSSR count). The summed E-state index contributed by atoms with van der Waals surface area (Å²) in [6.07, 6.45) is 1.66. The zero-order chi connectivity index (χ0) is 15.7. The molecule has 2 aromatic heterocycles. The van der Waals surface area contributed by atoms with Gasteiger partial charge in [-0.15, -0.1) is 0 Å². The Balaban J connectivity index is 1.98. The van der Waals surface area contributed by atoms with Gasteiger partial charge in [0.15, 0.2) is 16.9 Å². The maximum absolute atomic E-state index is 11.3. The Kier molecular flexibility index (Phi) is 3.77. The third-order valence-electron chi connectivity index (χ3n) is 3.32. The zero-order valence-corrected chi connectivity index (χ0v) is 12.8. The number of aromatic nitrogens is 4. The molecule has 0 N–H and O–H groups in total. The van der Waals surface area contributed by atoms with Gasteiger partial charge in [-0.3, -0.25) is 4.79 Å². The molecule has 0 bridgehead atoms. The van der Waals surface area contributed by atoms with Crippen molar-refractivity contribution in [2.75, 3.05) is 7.11 Å². The van der Waals surface area contributed by atoms with Crippen LogP contribution in [-0.4, -0.2) is 32.4 Å². The summed E-state index contributed by atoms with van der Waals surface area (Å²) in [5.41, 5.74) is 2.88. The molecule has 3 aromatic rings. The quantitative estimate of drug-likeness (QED) is 0.547. The number of halogens is 1. The van der Waals surface area contributed by atoms with Crippen molar-refractivity contribution in [1.29, 1.82) is 0 Å². The maximum Gasteiger partial charge on any atom is 0.244 e. The second-order valence-electron chi connectivity index (χ2n) is 4.80. The normalized spacial score (nSPS) is 10.9. The van der Waals surface area contributed by atoms with Gasteiger partial charge in [0.2, 0.25) is 11.2 Å². The van der Waals surface area contributed by atoms with Crippen LogP contribution < -0.4 is 4.74 Å². The summed E-state index contributed by atoms with van der Waals surface area (Å²) in [7, 11) is 1.52. The van der Waals surface area contributed by atoms with Crippen molar-refractivity contribution in [3.63, 3.8) is 0 Å². The first-order valence-corrected chi connectivity index (χ1v) is 6.98. The van der Waals surface area contributed by atoms with Gasteiger partial charge >= 0.3 is 0 Å². The van der Waals surface area contributed by atoms with E-state index in [2.05, 4.69) is 15.0 Å². The summed E-state index contributed by atoms with van der Waals surface area (Å²) in [5.74, 6) is 0.428. The number of methoxy groups -OCH3 is 1. The molecular formula is C15H13ClN4O2. The van der Waals surface area contributed by atoms with Crippen LogP contribution in [0.2, 0.25) is 5.28 Å². The van der Waals surface area contributed by atoms with E-state index in [1.165, 1.54) is 7.11 Å². The van der Waals surface area contributed by atoms with E-state index >= 15 is 0 Å². The summed E-state index contributed by atoms with van der Waals surface area (Å²) >= 11 is 5.84. The van der Waals surface area contributed by atoms with Crippen molar-refractivity contribution < 1.29 is 9.53 Å². The number of hydrogen-bond donors (Lipinski definition) is 0. The van der Waals surface area contributed by atoms with Crippen LogP contribution in [0, 0.1) is 0 Å². The topological polar surface area (TPSA) is 69.9 Å². The summed E-state index contributed by atoms with van der Waals surface area (Å²) in [6.45, 7) is 2.11. The van der Waals surface area contributed by atoms with E-state index in [0.717, 1.165) is 5.56 Å². The number of Topliss-reactive ketones (excluding diaryl/α,β-unsaturated/α-hetero) is 1. The lowest BCUT2D eigenvalue weighted by atomic mass is 10.1. The number of carbonyl (C=O) groups excluding carboxylic acids is 1. The van der Waals surface area contributed by atoms with Crippen molar-refractivity contribution in [2.24, 2.45) is 0 Å². The minimum atomic E-state index is 0.0457. The van der Waals surface area contributed by atoms with Crippen LogP contribution in [0.5, 0.6) is 5.88 Å². The van der Waals surface area contributed by atoms with Crippen molar-refractivity contribution in [3.05, 3.63) is 47.0 Å². The maximum atomic E-state index is 11.3. The van der Waals surface area contributed by atoms with Crippen LogP contribution in [0.15, 0.2) is 30.6 Å². The van der Waals surface area contributed by atoms with E-state index in [1.807, 2.05) is 16.7 Å². The third kappa shape index (κ3) is 2.65. The molecule has 0 aliphatic rings. The predicted octanol–water partition coefficient (Wildman–Crippen LogP) is 2.74. The minimum absolute atomic E-state index is 0.0457. The Labute approximate surface area is 131 Å². The summed E-state index contributed by atoms with van der Waals surface area (Å²) in [5, 5.41) is 0.0976. The van der Waals surface area contributed by atoms with Gasteiger partial charge < -0.3 is 9.30 Å². The number of ether oxygens (including phenoxy) is 1. The molecular weight excluding hydrogens is 304 g/mol. The molecule has 0 saturated carbocycles. The number of fused-ring (bicyclic) bond motifs is 1. The number of rotatable bonds is 4. The Bertz CT molecular complexity index is 843. The molecule has 0 unspecified atom stereocenters. The lowest BCUT2D eigenvalue weighted by molar-refractivity contribution is 0.101. The molecule has 7 heteroatoms. The third-order valence-corrected chi connectivity index (χ3v) is 3.49. The average molecular weight is 317 g/mol. The molecule has 0 atom stereocenters. The highest BCUT2D eigenvalue weighted by molar-refractivity contribution is 6.28. The lowest BCUT2D eigenvalue weighted by Gasteiger charge is -2.07. The fourth-order valence-corrected chi connectivity index (χ4v) is 2.38. The number of imidazole rings is 1. The van der Waals surface area contributed by atoms with E-state index in [1.54, 1.807) is 25.4 Å². The first-order valence-electron chi connectivity index (χ1n) is 6.60. The second kappa shape index (κ2) is 5.73. The van der Waals surface area contributed by atoms with Crippen LogP contribution >= 0.6 is 11.6 Å². The first-order chi connectivity index (χ1) is 10.6. The molecule has 0 aliphatic heterocycles. The monoisotopic (exact) mass is 316 g/mol. The van der Waals surface area contributed by atoms with Crippen molar-refractivity contribution in [3.8, 4) is 5.88 Å². The van der Waals surface area contributed by atoms with Gasteiger partial charge in [0, 0.05) is 12.1 Å². The van der Waals surface area contributed by atoms with Crippen molar-refractivity contribution in [1.82, 2.24) is 19.5 Å². The lowest BCUT2D eigenvalue weighted by Crippen LogP contribution is -2.02. The molecule has 0 amide bonds. The summed E-state index contributed by atoms with van der Waals surface area (Å²) in [4.78, 5) is 23.7. The van der Waals surface area contributed by atoms with Gasteiger partial charge in [-0.1, -0.05) is 24.3 Å². The molecule has 22 heavy (non-hydrogen) atoms. The minimum Gasteiger partial charge on any atom is -0.479 e. The highest BCUT2D eigenvalue weighted by atomic mass is 35.5. The van der Waals surface area contributed by atoms with E-state index in [-0.39, 0.29) is 11.1 Å². The molecule has 6 nitrogen and oxygen atoms in total. The average Bonchev–Trinajstić information content (AvgIpc) is 2.89. The number of nitrogens with zero attached hydrogens (tertiary/aromatic N) is 4. The summed E-state index contributed by atoms with van der Waals surface area (Å²) in [6, 6.07) is 7.43. The predicted molar refractivity (Wildman–Crippen MR) is 82.4 cm³/mol. The Morgan fingerprint density at radius 1 is 1.27 bits per heavy atom. The molecule has 0 saturated heterocycles. The van der Waals surface area contributed by atoms with Gasteiger partial charge in [0.25, 0.3) is 0 Å². The van der Waals surface area contributed by atoms with Gasteiger partial charge in [-0.05, 0) is 24.1 Å². The van der Waals surface area contributed by atoms with Crippen molar-refractivity contribution in [2.45, 2.75) is 13.5 Å². The number of carbonyl (C=O) groups is 1. The Morgan fingerprint density at radius 2 is 2.00 bits per heavy atom. The fourth-order valence-electron chi connectivity index (χ4n) is 2.22. The molecule has 112 valence electrons. The highest BCUT2D eigenvalue weighted by Crippen LogP contribution is 2.24. The molecule has 0 radical (unpaired) electrons. The van der Waals surface area contributed by atoms with E-state index in [9.17, 15) is 4.79 Å². The van der Waals surface area contributed by atoms with Gasteiger partial charge in [-0.25, -0.2) is 4.98 Å². The Hall–Kier alpha value is -2.47. The highest BCUT2D eigenvalue weighted by Gasteiger charge is 2.13. The number of benzene rings is 1. The fraction of sp³-hybridized carbons (Fsp3) is 0.200. The Morgan fingerprint density at radius 3 is 2.64 bits per heavy atom.